The zero-order valence-electron chi connectivity index (χ0n) is 3.91. The molecule has 0 nitrogen and oxygen atoms in total. The van der Waals surface area contributed by atoms with Crippen molar-refractivity contribution < 1.29 is 0 Å². The van der Waals surface area contributed by atoms with E-state index in [1.165, 1.54) is 0 Å². The molecule has 0 aliphatic heterocycles. The first-order valence-electron chi connectivity index (χ1n) is 2.03. The quantitative estimate of drug-likeness (QED) is 0.514. The highest BCUT2D eigenvalue weighted by Crippen LogP contribution is 2.18. The summed E-state index contributed by atoms with van der Waals surface area (Å²) in [5, 5.41) is 0.670. The zero-order chi connectivity index (χ0) is 5.98. The van der Waals surface area contributed by atoms with E-state index in [1.807, 2.05) is 0 Å². The van der Waals surface area contributed by atoms with Crippen LogP contribution in [0.5, 0.6) is 0 Å². The van der Waals surface area contributed by atoms with E-state index in [2.05, 4.69) is 27.4 Å². The van der Waals surface area contributed by atoms with Gasteiger partial charge in [-0.1, -0.05) is 23.1 Å². The lowest BCUT2D eigenvalue weighted by molar-refractivity contribution is 1.80. The Hall–Kier alpha value is -0.190. The summed E-state index contributed by atoms with van der Waals surface area (Å²) in [5.41, 5.74) is 5.46. The van der Waals surface area contributed by atoms with E-state index in [0.29, 0.717) is 5.03 Å². The second-order valence-corrected chi connectivity index (χ2v) is 2.53. The maximum Gasteiger partial charge on any atom is 0.0638 e. The van der Waals surface area contributed by atoms with Crippen LogP contribution in [-0.2, 0) is 0 Å². The van der Waals surface area contributed by atoms with Crippen molar-refractivity contribution in [3.8, 4) is 0 Å². The maximum atomic E-state index is 5.61. The van der Waals surface area contributed by atoms with Crippen molar-refractivity contribution in [3.63, 3.8) is 0 Å². The first kappa shape index (κ1) is 5.94. The molecule has 0 bridgehead atoms. The fourth-order valence-corrected chi connectivity index (χ4v) is 0.686. The molecule has 0 fully saturated rings. The van der Waals surface area contributed by atoms with Gasteiger partial charge in [0.15, 0.2) is 0 Å². The van der Waals surface area contributed by atoms with Crippen LogP contribution in [-0.4, -0.2) is 0 Å². The summed E-state index contributed by atoms with van der Waals surface area (Å²) in [6.45, 7) is 0. The van der Waals surface area contributed by atoms with Gasteiger partial charge < -0.3 is 0 Å². The first-order valence-corrected chi connectivity index (χ1v) is 3.20. The molecule has 0 N–H and O–H groups in total. The lowest BCUT2D eigenvalue weighted by Gasteiger charge is -1.89. The molecule has 0 radical (unpaired) electrons. The monoisotopic (exact) mass is 188 g/mol. The highest BCUT2D eigenvalue weighted by Gasteiger charge is 1.92. The standard InChI is InChI=1S/C6H2BrCl/c7-5-3-1-2-4-6(5)8/h3-4H. The molecule has 1 rings (SSSR count). The normalized spacial score (nSPS) is 15.8. The molecule has 0 saturated heterocycles. The van der Waals surface area contributed by atoms with Crippen LogP contribution >= 0.6 is 27.5 Å². The minimum atomic E-state index is 0.670. The van der Waals surface area contributed by atoms with Crippen LogP contribution in [0.15, 0.2) is 33.1 Å². The highest BCUT2D eigenvalue weighted by atomic mass is 79.9. The van der Waals surface area contributed by atoms with Gasteiger partial charge in [-0.2, -0.15) is 0 Å². The van der Waals surface area contributed by atoms with Gasteiger partial charge in [-0.15, -0.1) is 0 Å². The average Bonchev–Trinajstić information content (AvgIpc) is 1.77. The predicted octanol–water partition coefficient (Wildman–Crippen LogP) is 2.71. The van der Waals surface area contributed by atoms with Gasteiger partial charge in [0.2, 0.25) is 0 Å². The van der Waals surface area contributed by atoms with Gasteiger partial charge in [-0.25, -0.2) is 0 Å². The van der Waals surface area contributed by atoms with Crippen molar-refractivity contribution in [2.45, 2.75) is 0 Å². The SMILES string of the molecule is ClC1=C(Br)C=C=C=C1. The molecule has 0 amide bonds. The summed E-state index contributed by atoms with van der Waals surface area (Å²) in [4.78, 5) is 0. The fourth-order valence-electron chi connectivity index (χ4n) is 0.348. The Kier molecular flexibility index (Phi) is 1.77. The molecule has 40 valence electrons. The topological polar surface area (TPSA) is 0 Å². The Labute approximate surface area is 61.0 Å². The minimum Gasteiger partial charge on any atom is -0.0824 e. The van der Waals surface area contributed by atoms with Gasteiger partial charge in [-0.05, 0) is 15.9 Å². The van der Waals surface area contributed by atoms with E-state index in [1.54, 1.807) is 12.2 Å². The molecule has 0 saturated carbocycles. The van der Waals surface area contributed by atoms with Crippen LogP contribution in [0.25, 0.3) is 0 Å². The van der Waals surface area contributed by atoms with Crippen LogP contribution in [0, 0.1) is 0 Å². The Bertz CT molecular complexity index is 201. The van der Waals surface area contributed by atoms with E-state index in [9.17, 15) is 0 Å². The summed E-state index contributed by atoms with van der Waals surface area (Å²) in [7, 11) is 0. The Morgan fingerprint density at radius 3 is 2.38 bits per heavy atom. The third-order valence-electron chi connectivity index (χ3n) is 0.709. The van der Waals surface area contributed by atoms with E-state index in [0.717, 1.165) is 4.48 Å². The summed E-state index contributed by atoms with van der Waals surface area (Å²) in [6.07, 6.45) is 3.38. The molecule has 0 aromatic rings. The molecule has 8 heavy (non-hydrogen) atoms. The lowest BCUT2D eigenvalue weighted by atomic mass is 10.4. The molecule has 0 unspecified atom stereocenters. The predicted molar refractivity (Wildman–Crippen MR) is 38.0 cm³/mol. The maximum absolute atomic E-state index is 5.61. The minimum absolute atomic E-state index is 0.670. The highest BCUT2D eigenvalue weighted by molar-refractivity contribution is 9.12. The van der Waals surface area contributed by atoms with Crippen molar-refractivity contribution in [1.29, 1.82) is 0 Å². The third kappa shape index (κ3) is 1.15. The van der Waals surface area contributed by atoms with Gasteiger partial charge in [0.25, 0.3) is 0 Å². The number of allylic oxidation sites excluding steroid dienone is 4. The van der Waals surface area contributed by atoms with Gasteiger partial charge >= 0.3 is 0 Å². The lowest BCUT2D eigenvalue weighted by Crippen LogP contribution is -1.68. The van der Waals surface area contributed by atoms with E-state index in [-0.39, 0.29) is 0 Å². The Morgan fingerprint density at radius 1 is 1.38 bits per heavy atom. The van der Waals surface area contributed by atoms with Crippen molar-refractivity contribution >= 4 is 27.5 Å². The molecule has 0 heterocycles. The van der Waals surface area contributed by atoms with Gasteiger partial charge in [0.1, 0.15) is 0 Å². The smallest absolute Gasteiger partial charge is 0.0638 e. The average molecular weight is 189 g/mol. The van der Waals surface area contributed by atoms with Crippen molar-refractivity contribution in [2.75, 3.05) is 0 Å². The van der Waals surface area contributed by atoms with E-state index < -0.39 is 0 Å². The Balaban J connectivity index is 3.10. The van der Waals surface area contributed by atoms with E-state index >= 15 is 0 Å². The van der Waals surface area contributed by atoms with Gasteiger partial charge in [0, 0.05) is 16.6 Å². The third-order valence-corrected chi connectivity index (χ3v) is 1.91. The van der Waals surface area contributed by atoms with Crippen LogP contribution in [0.3, 0.4) is 0 Å². The molecule has 0 atom stereocenters. The van der Waals surface area contributed by atoms with Gasteiger partial charge in [-0.3, -0.25) is 0 Å². The van der Waals surface area contributed by atoms with Crippen molar-refractivity contribution in [2.24, 2.45) is 0 Å². The number of hydrogen-bond acceptors (Lipinski definition) is 0. The van der Waals surface area contributed by atoms with Crippen molar-refractivity contribution in [1.82, 2.24) is 0 Å². The molecule has 0 spiro atoms. The zero-order valence-corrected chi connectivity index (χ0v) is 6.25. The molecule has 1 aliphatic rings. The number of rotatable bonds is 0. The largest absolute Gasteiger partial charge is 0.0824 e. The summed E-state index contributed by atoms with van der Waals surface area (Å²) in [5.74, 6) is 0. The van der Waals surface area contributed by atoms with Gasteiger partial charge in [0.05, 0.1) is 5.03 Å². The number of halogens is 2. The number of hydrogen-bond donors (Lipinski definition) is 0. The molecule has 2 heteroatoms. The van der Waals surface area contributed by atoms with Crippen LogP contribution in [0.4, 0.5) is 0 Å². The Morgan fingerprint density at radius 2 is 2.00 bits per heavy atom. The molecule has 1 aliphatic carbocycles. The fraction of sp³-hybridized carbons (Fsp3) is 0. The summed E-state index contributed by atoms with van der Waals surface area (Å²) in [6, 6.07) is 0. The summed E-state index contributed by atoms with van der Waals surface area (Å²) >= 11 is 8.82. The molecular formula is C6H2BrCl. The molecule has 0 aromatic heterocycles. The molecular weight excluding hydrogens is 187 g/mol. The second kappa shape index (κ2) is 2.39. The molecule has 0 aromatic carbocycles. The summed E-state index contributed by atoms with van der Waals surface area (Å²) < 4.78 is 0.859. The van der Waals surface area contributed by atoms with Crippen LogP contribution < -0.4 is 0 Å². The van der Waals surface area contributed by atoms with Crippen molar-refractivity contribution in [3.05, 3.63) is 33.1 Å². The second-order valence-electron chi connectivity index (χ2n) is 1.27. The van der Waals surface area contributed by atoms with Crippen LogP contribution in [0.2, 0.25) is 0 Å². The van der Waals surface area contributed by atoms with E-state index in [4.69, 9.17) is 11.6 Å². The van der Waals surface area contributed by atoms with Crippen LogP contribution in [0.1, 0.15) is 0 Å². The first-order chi connectivity index (χ1) is 3.80.